The van der Waals surface area contributed by atoms with Crippen LogP contribution in [0.4, 0.5) is 0 Å². The SMILES string of the molecule is Cl.Cl.N.NC1(CCc2ccccn2)C=C2C=CC=CN2N1. The molecule has 0 amide bonds. The highest BCUT2D eigenvalue weighted by atomic mass is 35.5. The van der Waals surface area contributed by atoms with E-state index in [2.05, 4.69) is 16.5 Å². The first kappa shape index (κ1) is 19.6. The first-order valence-electron chi connectivity index (χ1n) is 6.09. The van der Waals surface area contributed by atoms with E-state index in [0.717, 1.165) is 24.2 Å². The van der Waals surface area contributed by atoms with Crippen molar-refractivity contribution in [1.82, 2.24) is 21.6 Å². The monoisotopic (exact) mass is 329 g/mol. The Labute approximate surface area is 137 Å². The Kier molecular flexibility index (Phi) is 7.63. The third-order valence-corrected chi connectivity index (χ3v) is 3.15. The number of pyridine rings is 1. The molecule has 1 unspecified atom stereocenters. The first-order valence-corrected chi connectivity index (χ1v) is 6.09. The molecule has 2 aliphatic rings. The third kappa shape index (κ3) is 4.56. The van der Waals surface area contributed by atoms with Crippen LogP contribution in [0.2, 0.25) is 0 Å². The number of aryl methyl sites for hydroxylation is 1. The minimum absolute atomic E-state index is 0. The van der Waals surface area contributed by atoms with E-state index in [9.17, 15) is 0 Å². The number of rotatable bonds is 3. The van der Waals surface area contributed by atoms with Crippen molar-refractivity contribution in [2.45, 2.75) is 18.5 Å². The van der Waals surface area contributed by atoms with E-state index in [1.54, 1.807) is 0 Å². The van der Waals surface area contributed by atoms with E-state index in [-0.39, 0.29) is 31.0 Å². The smallest absolute Gasteiger partial charge is 0.106 e. The average molecular weight is 330 g/mol. The predicted octanol–water partition coefficient (Wildman–Crippen LogP) is 2.46. The summed E-state index contributed by atoms with van der Waals surface area (Å²) in [6.45, 7) is 0. The van der Waals surface area contributed by atoms with E-state index in [1.807, 2.05) is 53.8 Å². The minimum Gasteiger partial charge on any atom is -0.344 e. The maximum atomic E-state index is 6.34. The van der Waals surface area contributed by atoms with Gasteiger partial charge >= 0.3 is 0 Å². The fraction of sp³-hybridized carbons (Fsp3) is 0.214. The number of hydrazine groups is 1. The van der Waals surface area contributed by atoms with Gasteiger partial charge in [-0.3, -0.25) is 9.99 Å². The van der Waals surface area contributed by atoms with E-state index in [0.29, 0.717) is 0 Å². The zero-order valence-electron chi connectivity index (χ0n) is 11.6. The van der Waals surface area contributed by atoms with Gasteiger partial charge in [0.1, 0.15) is 5.66 Å². The third-order valence-electron chi connectivity index (χ3n) is 3.15. The summed E-state index contributed by atoms with van der Waals surface area (Å²) in [4.78, 5) is 4.32. The molecule has 0 spiro atoms. The summed E-state index contributed by atoms with van der Waals surface area (Å²) in [5, 5.41) is 1.96. The van der Waals surface area contributed by atoms with Crippen molar-refractivity contribution in [2.75, 3.05) is 0 Å². The summed E-state index contributed by atoms with van der Waals surface area (Å²) >= 11 is 0. The zero-order chi connectivity index (χ0) is 12.4. The molecule has 0 fully saturated rings. The number of fused-ring (bicyclic) bond motifs is 1. The Morgan fingerprint density at radius 2 is 2.05 bits per heavy atom. The molecular weight excluding hydrogens is 309 g/mol. The van der Waals surface area contributed by atoms with Crippen LogP contribution in [0.1, 0.15) is 12.1 Å². The summed E-state index contributed by atoms with van der Waals surface area (Å²) < 4.78 is 0. The Hall–Kier alpha value is -1.37. The maximum Gasteiger partial charge on any atom is 0.106 e. The van der Waals surface area contributed by atoms with Crippen LogP contribution in [0, 0.1) is 0 Å². The molecule has 1 atom stereocenters. The van der Waals surface area contributed by atoms with Crippen molar-refractivity contribution in [2.24, 2.45) is 5.73 Å². The van der Waals surface area contributed by atoms with Crippen LogP contribution in [-0.2, 0) is 6.42 Å². The van der Waals surface area contributed by atoms with Gasteiger partial charge in [0.05, 0.1) is 5.70 Å². The lowest BCUT2D eigenvalue weighted by Gasteiger charge is -2.26. The number of halogens is 2. The average Bonchev–Trinajstić information content (AvgIpc) is 2.74. The van der Waals surface area contributed by atoms with Crippen molar-refractivity contribution in [3.8, 4) is 0 Å². The van der Waals surface area contributed by atoms with Gasteiger partial charge < -0.3 is 11.9 Å². The van der Waals surface area contributed by atoms with Crippen LogP contribution in [-0.4, -0.2) is 15.7 Å². The standard InChI is InChI=1S/C14H16N4.2ClH.H3N/c15-14(8-7-12-5-1-3-9-16-12)11-13-6-2-4-10-18(13)17-14;;;/h1-6,9-11,17H,7-8,15H2;2*1H;1H3. The lowest BCUT2D eigenvalue weighted by Crippen LogP contribution is -2.52. The number of nitrogens with zero attached hydrogens (tertiary/aromatic N) is 2. The summed E-state index contributed by atoms with van der Waals surface area (Å²) in [6.07, 6.45) is 13.6. The quantitative estimate of drug-likeness (QED) is 0.792. The van der Waals surface area contributed by atoms with Gasteiger partial charge in [-0.15, -0.1) is 24.8 Å². The molecule has 116 valence electrons. The molecule has 3 rings (SSSR count). The van der Waals surface area contributed by atoms with E-state index in [4.69, 9.17) is 5.73 Å². The molecular formula is C14H21Cl2N5. The minimum atomic E-state index is -0.494. The normalized spacial score (nSPS) is 21.6. The van der Waals surface area contributed by atoms with E-state index >= 15 is 0 Å². The van der Waals surface area contributed by atoms with Crippen molar-refractivity contribution in [3.05, 3.63) is 66.3 Å². The molecule has 0 radical (unpaired) electrons. The van der Waals surface area contributed by atoms with Gasteiger partial charge in [-0.2, -0.15) is 0 Å². The fourth-order valence-electron chi connectivity index (χ4n) is 2.21. The molecule has 1 aromatic rings. The largest absolute Gasteiger partial charge is 0.344 e. The Bertz CT molecular complexity index is 529. The Balaban J connectivity index is 0.00000133. The zero-order valence-corrected chi connectivity index (χ0v) is 13.2. The highest BCUT2D eigenvalue weighted by molar-refractivity contribution is 5.85. The molecule has 2 aliphatic heterocycles. The summed E-state index contributed by atoms with van der Waals surface area (Å²) in [6, 6.07) is 5.95. The maximum absolute atomic E-state index is 6.34. The summed E-state index contributed by atoms with van der Waals surface area (Å²) in [5.74, 6) is 0. The lowest BCUT2D eigenvalue weighted by molar-refractivity contribution is 0.261. The first-order chi connectivity index (χ1) is 8.75. The molecule has 7 heteroatoms. The highest BCUT2D eigenvalue weighted by Gasteiger charge is 2.31. The number of hydrogen-bond donors (Lipinski definition) is 3. The number of allylic oxidation sites excluding steroid dienone is 3. The number of nitrogens with two attached hydrogens (primary N) is 1. The van der Waals surface area contributed by atoms with Gasteiger partial charge in [0.2, 0.25) is 0 Å². The second kappa shape index (κ2) is 8.17. The van der Waals surface area contributed by atoms with Crippen LogP contribution in [0.15, 0.2) is 60.6 Å². The van der Waals surface area contributed by atoms with Gasteiger partial charge in [-0.05, 0) is 43.2 Å². The molecule has 21 heavy (non-hydrogen) atoms. The van der Waals surface area contributed by atoms with Gasteiger partial charge in [0.15, 0.2) is 0 Å². The molecule has 0 saturated carbocycles. The summed E-state index contributed by atoms with van der Waals surface area (Å²) in [5.41, 5.74) is 11.3. The molecule has 0 aliphatic carbocycles. The van der Waals surface area contributed by atoms with Crippen LogP contribution in [0.5, 0.6) is 0 Å². The van der Waals surface area contributed by atoms with Gasteiger partial charge in [0.25, 0.3) is 0 Å². The van der Waals surface area contributed by atoms with Crippen LogP contribution >= 0.6 is 24.8 Å². The van der Waals surface area contributed by atoms with Crippen molar-refractivity contribution < 1.29 is 0 Å². The van der Waals surface area contributed by atoms with Gasteiger partial charge in [-0.1, -0.05) is 12.1 Å². The van der Waals surface area contributed by atoms with Crippen LogP contribution in [0.3, 0.4) is 0 Å². The number of aromatic nitrogens is 1. The molecule has 0 saturated heterocycles. The Morgan fingerprint density at radius 1 is 1.24 bits per heavy atom. The molecule has 1 aromatic heterocycles. The predicted molar refractivity (Wildman–Crippen MR) is 90.3 cm³/mol. The van der Waals surface area contributed by atoms with E-state index in [1.165, 1.54) is 0 Å². The van der Waals surface area contributed by atoms with Gasteiger partial charge in [0, 0.05) is 18.1 Å². The van der Waals surface area contributed by atoms with Gasteiger partial charge in [-0.25, -0.2) is 5.43 Å². The highest BCUT2D eigenvalue weighted by Crippen LogP contribution is 2.24. The molecule has 5 nitrogen and oxygen atoms in total. The topological polar surface area (TPSA) is 89.2 Å². The van der Waals surface area contributed by atoms with Crippen LogP contribution in [0.25, 0.3) is 0 Å². The van der Waals surface area contributed by atoms with E-state index < -0.39 is 5.66 Å². The number of hydrogen-bond acceptors (Lipinski definition) is 5. The van der Waals surface area contributed by atoms with Crippen LogP contribution < -0.4 is 17.3 Å². The second-order valence-corrected chi connectivity index (χ2v) is 4.61. The molecule has 6 N–H and O–H groups in total. The lowest BCUT2D eigenvalue weighted by atomic mass is 10.0. The molecule has 0 bridgehead atoms. The van der Waals surface area contributed by atoms with Crippen molar-refractivity contribution >= 4 is 24.8 Å². The number of nitrogens with one attached hydrogen (secondary N) is 1. The fourth-order valence-corrected chi connectivity index (χ4v) is 2.21. The molecule has 0 aromatic carbocycles. The van der Waals surface area contributed by atoms with Crippen molar-refractivity contribution in [3.63, 3.8) is 0 Å². The molecule has 3 heterocycles. The van der Waals surface area contributed by atoms with Crippen molar-refractivity contribution in [1.29, 1.82) is 0 Å². The summed E-state index contributed by atoms with van der Waals surface area (Å²) in [7, 11) is 0. The Morgan fingerprint density at radius 3 is 2.71 bits per heavy atom. The second-order valence-electron chi connectivity index (χ2n) is 4.61.